The lowest BCUT2D eigenvalue weighted by Crippen LogP contribution is -2.17. The summed E-state index contributed by atoms with van der Waals surface area (Å²) in [5.74, 6) is 0.180. The average Bonchev–Trinajstić information content (AvgIpc) is 3.12. The van der Waals surface area contributed by atoms with Gasteiger partial charge in [0.05, 0.1) is 5.69 Å². The van der Waals surface area contributed by atoms with Crippen molar-refractivity contribution in [1.29, 1.82) is 0 Å². The Labute approximate surface area is 152 Å². The molecule has 0 radical (unpaired) electrons. The maximum atomic E-state index is 12.2. The van der Waals surface area contributed by atoms with Crippen LogP contribution in [0.2, 0.25) is 0 Å². The first-order valence-corrected chi connectivity index (χ1v) is 7.99. The van der Waals surface area contributed by atoms with E-state index in [9.17, 15) is 18.0 Å². The summed E-state index contributed by atoms with van der Waals surface area (Å²) in [5.41, 5.74) is 2.37. The van der Waals surface area contributed by atoms with Crippen molar-refractivity contribution in [3.8, 4) is 22.8 Å². The molecule has 0 aliphatic carbocycles. The number of hydrogen-bond donors (Lipinski definition) is 1. The monoisotopic (exact) mass is 376 g/mol. The smallest absolute Gasteiger partial charge is 0.406 e. The van der Waals surface area contributed by atoms with Gasteiger partial charge in [-0.2, -0.15) is 0 Å². The van der Waals surface area contributed by atoms with E-state index in [4.69, 9.17) is 0 Å². The van der Waals surface area contributed by atoms with Crippen molar-refractivity contribution in [2.24, 2.45) is 0 Å². The van der Waals surface area contributed by atoms with E-state index in [1.165, 1.54) is 35.3 Å². The van der Waals surface area contributed by atoms with Crippen molar-refractivity contribution < 1.29 is 22.7 Å². The number of benzene rings is 2. The number of carbonyl (C=O) groups excluding carboxylic acids is 1. The second kappa shape index (κ2) is 7.90. The minimum atomic E-state index is -4.73. The predicted octanol–water partition coefficient (Wildman–Crippen LogP) is 3.12. The minimum absolute atomic E-state index is 0.303. The zero-order valence-corrected chi connectivity index (χ0v) is 14.0. The summed E-state index contributed by atoms with van der Waals surface area (Å²) < 4.78 is 42.0. The molecule has 1 N–H and O–H groups in total. The van der Waals surface area contributed by atoms with Gasteiger partial charge in [0.2, 0.25) is 6.41 Å². The Hall–Kier alpha value is -3.36. The van der Waals surface area contributed by atoms with E-state index < -0.39 is 6.36 Å². The normalized spacial score (nSPS) is 11.2. The lowest BCUT2D eigenvalue weighted by atomic mass is 10.1. The van der Waals surface area contributed by atoms with E-state index in [2.05, 4.69) is 20.1 Å². The largest absolute Gasteiger partial charge is 0.573 e. The van der Waals surface area contributed by atoms with Crippen LogP contribution in [0, 0.1) is 0 Å². The third kappa shape index (κ3) is 5.06. The molecule has 6 nitrogen and oxygen atoms in total. The molecule has 140 valence electrons. The molecule has 27 heavy (non-hydrogen) atoms. The molecule has 1 heterocycles. The summed E-state index contributed by atoms with van der Waals surface area (Å²) in [6.45, 7) is 0.529. The number of nitrogens with one attached hydrogen (secondary N) is 1. The second-order valence-corrected chi connectivity index (χ2v) is 5.58. The molecule has 0 atom stereocenters. The average molecular weight is 376 g/mol. The molecule has 1 amide bonds. The van der Waals surface area contributed by atoms with Crippen molar-refractivity contribution in [2.45, 2.75) is 12.8 Å². The molecule has 0 bridgehead atoms. The zero-order chi connectivity index (χ0) is 19.3. The van der Waals surface area contributed by atoms with Crippen LogP contribution in [-0.2, 0) is 11.2 Å². The number of nitrogens with zero attached hydrogens (tertiary/aromatic N) is 3. The Morgan fingerprint density at radius 1 is 1.15 bits per heavy atom. The number of carbonyl (C=O) groups is 1. The third-order valence-electron chi connectivity index (χ3n) is 3.65. The Morgan fingerprint density at radius 2 is 1.93 bits per heavy atom. The molecule has 0 fully saturated rings. The number of alkyl halides is 3. The molecule has 0 saturated carbocycles. The van der Waals surface area contributed by atoms with Gasteiger partial charge >= 0.3 is 6.36 Å². The van der Waals surface area contributed by atoms with Crippen LogP contribution < -0.4 is 10.1 Å². The molecule has 1 aromatic heterocycles. The molecule has 0 spiro atoms. The summed E-state index contributed by atoms with van der Waals surface area (Å²) in [7, 11) is 0. The Bertz CT molecular complexity index is 907. The van der Waals surface area contributed by atoms with Gasteiger partial charge in [0, 0.05) is 12.1 Å². The van der Waals surface area contributed by atoms with Gasteiger partial charge in [-0.1, -0.05) is 18.2 Å². The molecular weight excluding hydrogens is 361 g/mol. The van der Waals surface area contributed by atoms with Gasteiger partial charge in [-0.15, -0.1) is 18.3 Å². The van der Waals surface area contributed by atoms with E-state index in [1.54, 1.807) is 0 Å². The van der Waals surface area contributed by atoms with Crippen LogP contribution in [0.15, 0.2) is 54.9 Å². The quantitative estimate of drug-likeness (QED) is 0.508. The van der Waals surface area contributed by atoms with Crippen molar-refractivity contribution >= 4 is 6.41 Å². The first kappa shape index (κ1) is 18.4. The number of hydrogen-bond acceptors (Lipinski definition) is 4. The van der Waals surface area contributed by atoms with Crippen molar-refractivity contribution in [2.75, 3.05) is 6.54 Å². The molecular formula is C18H15F3N4O2. The molecule has 0 saturated heterocycles. The van der Waals surface area contributed by atoms with Crippen molar-refractivity contribution in [1.82, 2.24) is 20.1 Å². The van der Waals surface area contributed by atoms with Gasteiger partial charge in [-0.25, -0.2) is 9.67 Å². The van der Waals surface area contributed by atoms with Gasteiger partial charge in [0.1, 0.15) is 12.1 Å². The number of halogens is 3. The van der Waals surface area contributed by atoms with E-state index >= 15 is 0 Å². The van der Waals surface area contributed by atoms with Crippen LogP contribution >= 0.6 is 0 Å². The Kier molecular flexibility index (Phi) is 5.39. The Morgan fingerprint density at radius 3 is 2.63 bits per heavy atom. The fourth-order valence-corrected chi connectivity index (χ4v) is 2.46. The van der Waals surface area contributed by atoms with Crippen molar-refractivity contribution in [3.63, 3.8) is 0 Å². The van der Waals surface area contributed by atoms with E-state index in [-0.39, 0.29) is 5.75 Å². The highest BCUT2D eigenvalue weighted by Gasteiger charge is 2.30. The van der Waals surface area contributed by atoms with E-state index in [0.717, 1.165) is 11.1 Å². The van der Waals surface area contributed by atoms with Gasteiger partial charge in [0.15, 0.2) is 5.82 Å². The second-order valence-electron chi connectivity index (χ2n) is 5.58. The number of amides is 1. The molecule has 0 unspecified atom stereocenters. The molecule has 2 aromatic carbocycles. The van der Waals surface area contributed by atoms with Crippen LogP contribution in [0.1, 0.15) is 5.56 Å². The highest BCUT2D eigenvalue weighted by Crippen LogP contribution is 2.24. The topological polar surface area (TPSA) is 69.0 Å². The maximum Gasteiger partial charge on any atom is 0.573 e. The molecule has 3 aromatic rings. The van der Waals surface area contributed by atoms with Crippen LogP contribution in [-0.4, -0.2) is 34.1 Å². The lowest BCUT2D eigenvalue weighted by molar-refractivity contribution is -0.274. The van der Waals surface area contributed by atoms with Crippen LogP contribution in [0.25, 0.3) is 17.1 Å². The number of aromatic nitrogens is 3. The molecule has 3 rings (SSSR count). The summed E-state index contributed by atoms with van der Waals surface area (Å²) in [6.07, 6.45) is -1.92. The highest BCUT2D eigenvalue weighted by molar-refractivity contribution is 5.56. The summed E-state index contributed by atoms with van der Waals surface area (Å²) in [4.78, 5) is 14.6. The molecule has 9 heteroatoms. The highest BCUT2D eigenvalue weighted by atomic mass is 19.4. The van der Waals surface area contributed by atoms with Gasteiger partial charge < -0.3 is 10.1 Å². The standard InChI is InChI=1S/C18H15F3N4O2/c19-18(20,21)27-16-6-4-15(5-7-16)25-11-23-17(24-25)14-3-1-2-13(10-14)8-9-22-12-26/h1-7,10-12H,8-9H2,(H,22,26). The molecule has 0 aliphatic heterocycles. The minimum Gasteiger partial charge on any atom is -0.406 e. The first-order valence-electron chi connectivity index (χ1n) is 7.99. The van der Waals surface area contributed by atoms with E-state index in [1.807, 2.05) is 24.3 Å². The van der Waals surface area contributed by atoms with Gasteiger partial charge in [-0.05, 0) is 42.3 Å². The van der Waals surface area contributed by atoms with E-state index in [0.29, 0.717) is 30.9 Å². The van der Waals surface area contributed by atoms with Crippen LogP contribution in [0.5, 0.6) is 5.75 Å². The fourth-order valence-electron chi connectivity index (χ4n) is 2.46. The molecule has 0 aliphatic rings. The first-order chi connectivity index (χ1) is 12.9. The zero-order valence-electron chi connectivity index (χ0n) is 14.0. The third-order valence-corrected chi connectivity index (χ3v) is 3.65. The maximum absolute atomic E-state index is 12.2. The summed E-state index contributed by atoms with van der Waals surface area (Å²) >= 11 is 0. The number of rotatable bonds is 7. The van der Waals surface area contributed by atoms with Gasteiger partial charge in [0.25, 0.3) is 0 Å². The lowest BCUT2D eigenvalue weighted by Gasteiger charge is -2.09. The van der Waals surface area contributed by atoms with Crippen molar-refractivity contribution in [3.05, 3.63) is 60.4 Å². The van der Waals surface area contributed by atoms with Crippen LogP contribution in [0.4, 0.5) is 13.2 Å². The summed E-state index contributed by atoms with van der Waals surface area (Å²) in [5, 5.41) is 6.97. The fraction of sp³-hybridized carbons (Fsp3) is 0.167. The Balaban J connectivity index is 1.75. The summed E-state index contributed by atoms with van der Waals surface area (Å²) in [6, 6.07) is 12.9. The number of ether oxygens (including phenoxy) is 1. The van der Waals surface area contributed by atoms with Gasteiger partial charge in [-0.3, -0.25) is 4.79 Å². The van der Waals surface area contributed by atoms with Crippen LogP contribution in [0.3, 0.4) is 0 Å². The SMILES string of the molecule is O=CNCCc1cccc(-c2ncn(-c3ccc(OC(F)(F)F)cc3)n2)c1. The predicted molar refractivity (Wildman–Crippen MR) is 91.2 cm³/mol.